The summed E-state index contributed by atoms with van der Waals surface area (Å²) in [6, 6.07) is 7.24. The molecule has 0 radical (unpaired) electrons. The van der Waals surface area contributed by atoms with E-state index >= 15 is 0 Å². The van der Waals surface area contributed by atoms with Crippen LogP contribution in [0.5, 0.6) is 5.75 Å². The number of aromatic nitrogens is 1. The van der Waals surface area contributed by atoms with Crippen molar-refractivity contribution in [2.24, 2.45) is 0 Å². The van der Waals surface area contributed by atoms with E-state index in [0.29, 0.717) is 24.1 Å². The topological polar surface area (TPSA) is 79.5 Å². The quantitative estimate of drug-likeness (QED) is 0.583. The van der Waals surface area contributed by atoms with Crippen molar-refractivity contribution < 1.29 is 28.6 Å². The molecule has 0 aliphatic carbocycles. The van der Waals surface area contributed by atoms with Crippen molar-refractivity contribution in [2.75, 3.05) is 0 Å². The third-order valence-corrected chi connectivity index (χ3v) is 5.60. The molecule has 158 valence electrons. The molecule has 0 unspecified atom stereocenters. The first-order valence-electron chi connectivity index (χ1n) is 9.69. The standard InChI is InChI=1S/C23H23F2NO4/c1-4-5-9-23(3,22(29)30)20-13(2)26(18-12-17(25)19(27)11-16(18)20)21(28)14-7-6-8-15(24)10-14/h6-8,10-12,27H,4-5,9H2,1-3H3,(H,29,30)/t23-/m1/s1. The number of rotatable bonds is 6. The van der Waals surface area contributed by atoms with Crippen molar-refractivity contribution in [2.45, 2.75) is 45.4 Å². The summed E-state index contributed by atoms with van der Waals surface area (Å²) >= 11 is 0. The molecule has 1 aromatic heterocycles. The lowest BCUT2D eigenvalue weighted by Gasteiger charge is -2.26. The number of aromatic hydroxyl groups is 1. The molecule has 30 heavy (non-hydrogen) atoms. The number of hydrogen-bond donors (Lipinski definition) is 2. The highest BCUT2D eigenvalue weighted by Gasteiger charge is 2.40. The van der Waals surface area contributed by atoms with Crippen molar-refractivity contribution in [3.63, 3.8) is 0 Å². The van der Waals surface area contributed by atoms with Crippen LogP contribution in [0.2, 0.25) is 0 Å². The van der Waals surface area contributed by atoms with E-state index in [2.05, 4.69) is 0 Å². The Hall–Kier alpha value is -3.22. The van der Waals surface area contributed by atoms with Gasteiger partial charge >= 0.3 is 5.97 Å². The van der Waals surface area contributed by atoms with Gasteiger partial charge in [0, 0.05) is 22.7 Å². The smallest absolute Gasteiger partial charge is 0.313 e. The average Bonchev–Trinajstić information content (AvgIpc) is 2.97. The number of halogens is 2. The van der Waals surface area contributed by atoms with Crippen LogP contribution < -0.4 is 0 Å². The Balaban J connectivity index is 2.37. The molecule has 0 aliphatic rings. The van der Waals surface area contributed by atoms with Crippen molar-refractivity contribution in [1.29, 1.82) is 0 Å². The van der Waals surface area contributed by atoms with E-state index in [1.165, 1.54) is 22.8 Å². The van der Waals surface area contributed by atoms with E-state index in [0.717, 1.165) is 24.6 Å². The lowest BCUT2D eigenvalue weighted by Crippen LogP contribution is -2.33. The van der Waals surface area contributed by atoms with Gasteiger partial charge in [-0.25, -0.2) is 8.78 Å². The first-order chi connectivity index (χ1) is 14.1. The van der Waals surface area contributed by atoms with Crippen LogP contribution in [0, 0.1) is 18.6 Å². The number of phenols is 1. The third kappa shape index (κ3) is 3.44. The Kier molecular flexibility index (Phi) is 5.65. The number of carbonyl (C=O) groups excluding carboxylic acids is 1. The molecule has 0 spiro atoms. The van der Waals surface area contributed by atoms with Gasteiger partial charge < -0.3 is 10.2 Å². The van der Waals surface area contributed by atoms with E-state index in [9.17, 15) is 28.6 Å². The number of phenolic OH excluding ortho intramolecular Hbond substituents is 1. The van der Waals surface area contributed by atoms with Crippen molar-refractivity contribution in [1.82, 2.24) is 4.57 Å². The van der Waals surface area contributed by atoms with Gasteiger partial charge in [0.05, 0.1) is 10.9 Å². The minimum absolute atomic E-state index is 0.0422. The van der Waals surface area contributed by atoms with Crippen molar-refractivity contribution in [3.05, 3.63) is 64.9 Å². The number of unbranched alkanes of at least 4 members (excludes halogenated alkanes) is 1. The van der Waals surface area contributed by atoms with Crippen LogP contribution in [-0.4, -0.2) is 26.7 Å². The maximum Gasteiger partial charge on any atom is 0.313 e. The SMILES string of the molecule is CCCC[C@@](C)(C(=O)O)c1c(C)n(C(=O)c2cccc(F)c2)c2cc(F)c(O)cc12. The second-order valence-corrected chi connectivity index (χ2v) is 7.67. The second kappa shape index (κ2) is 7.89. The molecule has 0 bridgehead atoms. The second-order valence-electron chi connectivity index (χ2n) is 7.67. The predicted octanol–water partition coefficient (Wildman–Crippen LogP) is 5.15. The minimum Gasteiger partial charge on any atom is -0.505 e. The van der Waals surface area contributed by atoms with E-state index in [1.807, 2.05) is 6.92 Å². The molecule has 3 aromatic rings. The molecule has 0 amide bonds. The summed E-state index contributed by atoms with van der Waals surface area (Å²) in [5, 5.41) is 20.3. The maximum absolute atomic E-state index is 14.2. The zero-order chi connectivity index (χ0) is 22.2. The molecule has 3 rings (SSSR count). The molecule has 0 saturated carbocycles. The Morgan fingerprint density at radius 1 is 1.17 bits per heavy atom. The Morgan fingerprint density at radius 2 is 1.87 bits per heavy atom. The monoisotopic (exact) mass is 415 g/mol. The molecule has 0 aliphatic heterocycles. The maximum atomic E-state index is 14.2. The van der Waals surface area contributed by atoms with Crippen molar-refractivity contribution >= 4 is 22.8 Å². The first kappa shape index (κ1) is 21.5. The summed E-state index contributed by atoms with van der Waals surface area (Å²) in [5.41, 5.74) is -0.559. The van der Waals surface area contributed by atoms with E-state index in [1.54, 1.807) is 13.8 Å². The molecule has 7 heteroatoms. The minimum atomic E-state index is -1.36. The van der Waals surface area contributed by atoms with Gasteiger partial charge in [-0.3, -0.25) is 14.2 Å². The lowest BCUT2D eigenvalue weighted by molar-refractivity contribution is -0.143. The molecule has 1 heterocycles. The number of carboxylic acids is 1. The van der Waals surface area contributed by atoms with Crippen LogP contribution in [0.25, 0.3) is 10.9 Å². The fourth-order valence-electron chi connectivity index (χ4n) is 4.00. The Bertz CT molecular complexity index is 1150. The van der Waals surface area contributed by atoms with E-state index < -0.39 is 34.7 Å². The van der Waals surface area contributed by atoms with Gasteiger partial charge in [-0.05, 0) is 50.1 Å². The number of fused-ring (bicyclic) bond motifs is 1. The van der Waals surface area contributed by atoms with Gasteiger partial charge in [-0.15, -0.1) is 0 Å². The van der Waals surface area contributed by atoms with Crippen LogP contribution in [0.15, 0.2) is 36.4 Å². The highest BCUT2D eigenvalue weighted by molar-refractivity contribution is 6.05. The number of aliphatic carboxylic acids is 1. The van der Waals surface area contributed by atoms with Crippen LogP contribution in [0.1, 0.15) is 54.7 Å². The zero-order valence-electron chi connectivity index (χ0n) is 17.0. The Labute approximate surface area is 172 Å². The Morgan fingerprint density at radius 3 is 2.47 bits per heavy atom. The van der Waals surface area contributed by atoms with Gasteiger partial charge in [-0.2, -0.15) is 0 Å². The molecule has 0 fully saturated rings. The number of carboxylic acid groups (broad SMARTS) is 1. The van der Waals surface area contributed by atoms with E-state index in [4.69, 9.17) is 0 Å². The van der Waals surface area contributed by atoms with Gasteiger partial charge in [-0.1, -0.05) is 25.8 Å². The largest absolute Gasteiger partial charge is 0.505 e. The molecule has 0 saturated heterocycles. The molecule has 1 atom stereocenters. The summed E-state index contributed by atoms with van der Waals surface area (Å²) in [6.45, 7) is 5.08. The number of carbonyl (C=O) groups is 2. The highest BCUT2D eigenvalue weighted by atomic mass is 19.1. The highest BCUT2D eigenvalue weighted by Crippen LogP contribution is 2.41. The van der Waals surface area contributed by atoms with Crippen LogP contribution in [0.3, 0.4) is 0 Å². The molecular formula is C23H23F2NO4. The van der Waals surface area contributed by atoms with Crippen LogP contribution >= 0.6 is 0 Å². The number of hydrogen-bond acceptors (Lipinski definition) is 3. The molecular weight excluding hydrogens is 392 g/mol. The molecule has 5 nitrogen and oxygen atoms in total. The van der Waals surface area contributed by atoms with E-state index in [-0.39, 0.29) is 16.5 Å². The van der Waals surface area contributed by atoms with Crippen LogP contribution in [0.4, 0.5) is 8.78 Å². The van der Waals surface area contributed by atoms with Gasteiger partial charge in [0.15, 0.2) is 11.6 Å². The zero-order valence-corrected chi connectivity index (χ0v) is 17.0. The summed E-state index contributed by atoms with van der Waals surface area (Å²) < 4.78 is 29.1. The lowest BCUT2D eigenvalue weighted by atomic mass is 9.76. The number of benzene rings is 2. The van der Waals surface area contributed by atoms with Gasteiger partial charge in [0.2, 0.25) is 0 Å². The average molecular weight is 415 g/mol. The molecule has 2 aromatic carbocycles. The fourth-order valence-corrected chi connectivity index (χ4v) is 4.00. The fraction of sp³-hybridized carbons (Fsp3) is 0.304. The summed E-state index contributed by atoms with van der Waals surface area (Å²) in [7, 11) is 0. The summed E-state index contributed by atoms with van der Waals surface area (Å²) in [5.74, 6) is -3.87. The van der Waals surface area contributed by atoms with Crippen LogP contribution in [-0.2, 0) is 10.2 Å². The predicted molar refractivity (Wildman–Crippen MR) is 109 cm³/mol. The summed E-state index contributed by atoms with van der Waals surface area (Å²) in [6.07, 6.45) is 1.69. The normalized spacial score (nSPS) is 13.4. The third-order valence-electron chi connectivity index (χ3n) is 5.60. The van der Waals surface area contributed by atoms with Gasteiger partial charge in [0.1, 0.15) is 5.82 Å². The number of nitrogens with zero attached hydrogens (tertiary/aromatic N) is 1. The summed E-state index contributed by atoms with van der Waals surface area (Å²) in [4.78, 5) is 25.5. The van der Waals surface area contributed by atoms with Crippen molar-refractivity contribution in [3.8, 4) is 5.75 Å². The first-order valence-corrected chi connectivity index (χ1v) is 9.69. The van der Waals surface area contributed by atoms with Gasteiger partial charge in [0.25, 0.3) is 5.91 Å². The molecule has 2 N–H and O–H groups in total.